The number of rotatable bonds is 6. The van der Waals surface area contributed by atoms with Crippen LogP contribution in [0.4, 0.5) is 14.5 Å². The van der Waals surface area contributed by atoms with E-state index in [1.165, 1.54) is 36.4 Å². The van der Waals surface area contributed by atoms with Gasteiger partial charge in [-0.1, -0.05) is 23.7 Å². The molecular formula is C16H12ClF2NO5. The summed E-state index contributed by atoms with van der Waals surface area (Å²) in [4.78, 5) is 23.6. The van der Waals surface area contributed by atoms with Gasteiger partial charge >= 0.3 is 12.6 Å². The van der Waals surface area contributed by atoms with Crippen LogP contribution < -0.4 is 10.1 Å². The fourth-order valence-electron chi connectivity index (χ4n) is 1.84. The molecule has 25 heavy (non-hydrogen) atoms. The second kappa shape index (κ2) is 8.29. The summed E-state index contributed by atoms with van der Waals surface area (Å²) in [6.45, 7) is -3.74. The first kappa shape index (κ1) is 18.5. The number of anilines is 1. The normalized spacial score (nSPS) is 10.4. The molecule has 0 aliphatic rings. The van der Waals surface area contributed by atoms with E-state index in [2.05, 4.69) is 10.1 Å². The summed E-state index contributed by atoms with van der Waals surface area (Å²) in [5.41, 5.74) is -0.170. The van der Waals surface area contributed by atoms with Crippen molar-refractivity contribution in [2.45, 2.75) is 6.61 Å². The smallest absolute Gasteiger partial charge is 0.387 e. The van der Waals surface area contributed by atoms with Gasteiger partial charge in [0.1, 0.15) is 17.1 Å². The van der Waals surface area contributed by atoms with E-state index in [0.29, 0.717) is 0 Å². The molecule has 2 N–H and O–H groups in total. The summed E-state index contributed by atoms with van der Waals surface area (Å²) in [6, 6.07) is 9.32. The topological polar surface area (TPSA) is 84.9 Å². The van der Waals surface area contributed by atoms with E-state index in [1.807, 2.05) is 0 Å². The van der Waals surface area contributed by atoms with Crippen LogP contribution in [0.2, 0.25) is 5.02 Å². The van der Waals surface area contributed by atoms with Gasteiger partial charge in [0.05, 0.1) is 5.69 Å². The zero-order valence-electron chi connectivity index (χ0n) is 12.5. The third-order valence-electron chi connectivity index (χ3n) is 2.89. The van der Waals surface area contributed by atoms with Crippen LogP contribution in [-0.2, 0) is 9.53 Å². The summed E-state index contributed by atoms with van der Waals surface area (Å²) < 4.78 is 33.6. The van der Waals surface area contributed by atoms with E-state index in [-0.39, 0.29) is 22.0 Å². The van der Waals surface area contributed by atoms with E-state index in [9.17, 15) is 23.5 Å². The van der Waals surface area contributed by atoms with Crippen LogP contribution in [-0.4, -0.2) is 30.2 Å². The van der Waals surface area contributed by atoms with Crippen LogP contribution in [0.3, 0.4) is 0 Å². The Labute approximate surface area is 145 Å². The molecule has 6 nitrogen and oxygen atoms in total. The van der Waals surface area contributed by atoms with Crippen molar-refractivity contribution in [2.75, 3.05) is 11.9 Å². The molecule has 2 aromatic carbocycles. The Balaban J connectivity index is 1.96. The molecule has 0 unspecified atom stereocenters. The van der Waals surface area contributed by atoms with Crippen molar-refractivity contribution in [3.8, 4) is 11.5 Å². The van der Waals surface area contributed by atoms with Gasteiger partial charge in [-0.2, -0.15) is 8.78 Å². The molecule has 0 saturated heterocycles. The second-order valence-corrected chi connectivity index (χ2v) is 5.10. The van der Waals surface area contributed by atoms with Crippen molar-refractivity contribution >= 4 is 29.2 Å². The zero-order valence-corrected chi connectivity index (χ0v) is 13.3. The minimum atomic E-state index is -3.05. The second-order valence-electron chi connectivity index (χ2n) is 4.66. The monoisotopic (exact) mass is 371 g/mol. The number of alkyl halides is 2. The minimum Gasteiger partial charge on any atom is -0.507 e. The van der Waals surface area contributed by atoms with Crippen molar-refractivity contribution in [2.24, 2.45) is 0 Å². The van der Waals surface area contributed by atoms with Crippen LogP contribution >= 0.6 is 11.6 Å². The number of carbonyl (C=O) groups excluding carboxylic acids is 2. The minimum absolute atomic E-state index is 0.00168. The predicted molar refractivity (Wildman–Crippen MR) is 85.1 cm³/mol. The Bertz CT molecular complexity index is 785. The van der Waals surface area contributed by atoms with Gasteiger partial charge < -0.3 is 19.9 Å². The molecule has 1 amide bonds. The number of nitrogens with one attached hydrogen (secondary N) is 1. The summed E-state index contributed by atoms with van der Waals surface area (Å²) >= 11 is 5.65. The van der Waals surface area contributed by atoms with Crippen molar-refractivity contribution in [1.82, 2.24) is 0 Å². The third-order valence-corrected chi connectivity index (χ3v) is 3.13. The van der Waals surface area contributed by atoms with Gasteiger partial charge in [0.2, 0.25) is 0 Å². The lowest BCUT2D eigenvalue weighted by Crippen LogP contribution is -2.21. The van der Waals surface area contributed by atoms with Gasteiger partial charge in [0.15, 0.2) is 6.61 Å². The highest BCUT2D eigenvalue weighted by atomic mass is 35.5. The largest absolute Gasteiger partial charge is 0.507 e. The summed E-state index contributed by atoms with van der Waals surface area (Å²) in [7, 11) is 0. The fraction of sp³-hybridized carbons (Fsp3) is 0.125. The third kappa shape index (κ3) is 5.32. The number of phenolic OH excluding ortho intramolecular Hbond substituents is 1. The average Bonchev–Trinajstić information content (AvgIpc) is 2.54. The first-order chi connectivity index (χ1) is 11.9. The lowest BCUT2D eigenvalue weighted by molar-refractivity contribution is -0.119. The quantitative estimate of drug-likeness (QED) is 0.760. The van der Waals surface area contributed by atoms with Gasteiger partial charge in [0.25, 0.3) is 5.91 Å². The van der Waals surface area contributed by atoms with E-state index in [4.69, 9.17) is 16.3 Å². The lowest BCUT2D eigenvalue weighted by Gasteiger charge is -2.12. The van der Waals surface area contributed by atoms with Gasteiger partial charge in [-0.3, -0.25) is 4.79 Å². The number of halogens is 3. The van der Waals surface area contributed by atoms with Crippen LogP contribution in [0.25, 0.3) is 0 Å². The molecule has 9 heteroatoms. The molecule has 132 valence electrons. The number of hydrogen-bond acceptors (Lipinski definition) is 5. The van der Waals surface area contributed by atoms with E-state index < -0.39 is 30.8 Å². The molecule has 2 rings (SSSR count). The maximum absolute atomic E-state index is 12.3. The molecule has 0 atom stereocenters. The number of aromatic hydroxyl groups is 1. The van der Waals surface area contributed by atoms with Crippen molar-refractivity contribution < 1.29 is 33.0 Å². The van der Waals surface area contributed by atoms with Crippen molar-refractivity contribution in [3.05, 3.63) is 53.1 Å². The Morgan fingerprint density at radius 2 is 1.92 bits per heavy atom. The van der Waals surface area contributed by atoms with Gasteiger partial charge in [0, 0.05) is 5.02 Å². The molecule has 0 aliphatic heterocycles. The molecule has 0 saturated carbocycles. The maximum atomic E-state index is 12.3. The predicted octanol–water partition coefficient (Wildman–Crippen LogP) is 3.44. The highest BCUT2D eigenvalue weighted by molar-refractivity contribution is 6.30. The highest BCUT2D eigenvalue weighted by Crippen LogP contribution is 2.25. The Morgan fingerprint density at radius 1 is 1.20 bits per heavy atom. The molecule has 0 bridgehead atoms. The van der Waals surface area contributed by atoms with Crippen LogP contribution in [0.15, 0.2) is 42.5 Å². The van der Waals surface area contributed by atoms with Crippen molar-refractivity contribution in [3.63, 3.8) is 0 Å². The first-order valence-electron chi connectivity index (χ1n) is 6.86. The van der Waals surface area contributed by atoms with E-state index in [1.54, 1.807) is 0 Å². The maximum Gasteiger partial charge on any atom is 0.387 e. The summed E-state index contributed by atoms with van der Waals surface area (Å²) in [6.07, 6.45) is 0. The van der Waals surface area contributed by atoms with Gasteiger partial charge in [-0.25, -0.2) is 4.79 Å². The molecular weight excluding hydrogens is 360 g/mol. The van der Waals surface area contributed by atoms with Crippen molar-refractivity contribution in [1.29, 1.82) is 0 Å². The number of phenols is 1. The molecule has 2 aromatic rings. The van der Waals surface area contributed by atoms with Crippen LogP contribution in [0.5, 0.6) is 11.5 Å². The van der Waals surface area contributed by atoms with E-state index >= 15 is 0 Å². The number of ether oxygens (including phenoxy) is 2. The Morgan fingerprint density at radius 3 is 2.60 bits per heavy atom. The number of esters is 1. The molecule has 0 spiro atoms. The number of carbonyl (C=O) groups is 2. The SMILES string of the molecule is O=C(COC(=O)c1ccc(Cl)cc1O)Nc1ccccc1OC(F)F. The standard InChI is InChI=1S/C16H12ClF2NO5/c17-9-5-6-10(12(21)7-9)15(23)24-8-14(22)20-11-3-1-2-4-13(11)25-16(18)19/h1-7,16,21H,8H2,(H,20,22). The number of benzene rings is 2. The molecule has 0 fully saturated rings. The Hall–Kier alpha value is -2.87. The highest BCUT2D eigenvalue weighted by Gasteiger charge is 2.16. The number of amides is 1. The average molecular weight is 372 g/mol. The number of hydrogen-bond donors (Lipinski definition) is 2. The summed E-state index contributed by atoms with van der Waals surface area (Å²) in [5.74, 6) is -2.34. The molecule has 0 radical (unpaired) electrons. The van der Waals surface area contributed by atoms with Gasteiger partial charge in [-0.05, 0) is 30.3 Å². The molecule has 0 heterocycles. The fourth-order valence-corrected chi connectivity index (χ4v) is 2.01. The van der Waals surface area contributed by atoms with Crippen LogP contribution in [0, 0.1) is 0 Å². The molecule has 0 aliphatic carbocycles. The molecule has 0 aromatic heterocycles. The van der Waals surface area contributed by atoms with Crippen LogP contribution in [0.1, 0.15) is 10.4 Å². The first-order valence-corrected chi connectivity index (χ1v) is 7.24. The zero-order chi connectivity index (χ0) is 18.4. The number of para-hydroxylation sites is 2. The summed E-state index contributed by atoms with van der Waals surface area (Å²) in [5, 5.41) is 12.1. The van der Waals surface area contributed by atoms with Gasteiger partial charge in [-0.15, -0.1) is 0 Å². The Kier molecular flexibility index (Phi) is 6.13. The lowest BCUT2D eigenvalue weighted by atomic mass is 10.2. The van der Waals surface area contributed by atoms with E-state index in [0.717, 1.165) is 6.07 Å².